The van der Waals surface area contributed by atoms with E-state index >= 15 is 0 Å². The summed E-state index contributed by atoms with van der Waals surface area (Å²) in [6.07, 6.45) is 2.68. The molecule has 0 radical (unpaired) electrons. The molecular formula is C7H8FNO. The van der Waals surface area contributed by atoms with Crippen molar-refractivity contribution in [3.05, 3.63) is 17.5 Å². The fourth-order valence-electron chi connectivity index (χ4n) is 1.07. The standard InChI is InChI=1S/C7H8FNO/c1-5-4-10-9-6(5)7(8)2-3-7/h4H,2-3H2,1H3. The van der Waals surface area contributed by atoms with Gasteiger partial charge in [0.2, 0.25) is 0 Å². The van der Waals surface area contributed by atoms with Crippen molar-refractivity contribution in [1.29, 1.82) is 0 Å². The zero-order valence-electron chi connectivity index (χ0n) is 5.72. The molecule has 0 unspecified atom stereocenters. The first-order valence-electron chi connectivity index (χ1n) is 3.33. The van der Waals surface area contributed by atoms with Crippen molar-refractivity contribution in [3.63, 3.8) is 0 Å². The lowest BCUT2D eigenvalue weighted by Gasteiger charge is -1.97. The molecule has 0 N–H and O–H groups in total. The molecule has 0 spiro atoms. The van der Waals surface area contributed by atoms with Crippen LogP contribution in [0.25, 0.3) is 0 Å². The van der Waals surface area contributed by atoms with Crippen molar-refractivity contribution in [2.75, 3.05) is 0 Å². The van der Waals surface area contributed by atoms with Crippen LogP contribution < -0.4 is 0 Å². The van der Waals surface area contributed by atoms with E-state index in [1.54, 1.807) is 0 Å². The topological polar surface area (TPSA) is 26.0 Å². The second-order valence-electron chi connectivity index (χ2n) is 2.81. The van der Waals surface area contributed by atoms with Gasteiger partial charge in [0.05, 0.1) is 0 Å². The smallest absolute Gasteiger partial charge is 0.156 e. The molecule has 2 nitrogen and oxygen atoms in total. The second kappa shape index (κ2) is 1.59. The lowest BCUT2D eigenvalue weighted by atomic mass is 10.2. The van der Waals surface area contributed by atoms with Gasteiger partial charge in [-0.3, -0.25) is 0 Å². The van der Waals surface area contributed by atoms with Crippen LogP contribution in [0.5, 0.6) is 0 Å². The highest BCUT2D eigenvalue weighted by Gasteiger charge is 2.48. The molecule has 10 heavy (non-hydrogen) atoms. The lowest BCUT2D eigenvalue weighted by molar-refractivity contribution is 0.289. The van der Waals surface area contributed by atoms with E-state index in [-0.39, 0.29) is 0 Å². The van der Waals surface area contributed by atoms with E-state index in [2.05, 4.69) is 9.68 Å². The van der Waals surface area contributed by atoms with Gasteiger partial charge in [-0.1, -0.05) is 5.16 Å². The summed E-state index contributed by atoms with van der Waals surface area (Å²) in [5, 5.41) is 3.60. The molecule has 0 bridgehead atoms. The molecule has 54 valence electrons. The van der Waals surface area contributed by atoms with Gasteiger partial charge in [-0.05, 0) is 19.8 Å². The summed E-state index contributed by atoms with van der Waals surface area (Å²) in [7, 11) is 0. The Labute approximate surface area is 58.0 Å². The van der Waals surface area contributed by atoms with Crippen LogP contribution in [-0.4, -0.2) is 5.16 Å². The third-order valence-corrected chi connectivity index (χ3v) is 1.86. The average molecular weight is 141 g/mol. The van der Waals surface area contributed by atoms with Crippen LogP contribution in [-0.2, 0) is 5.67 Å². The second-order valence-corrected chi connectivity index (χ2v) is 2.81. The van der Waals surface area contributed by atoms with Gasteiger partial charge < -0.3 is 4.52 Å². The van der Waals surface area contributed by atoms with E-state index in [1.165, 1.54) is 6.26 Å². The zero-order valence-corrected chi connectivity index (χ0v) is 5.72. The van der Waals surface area contributed by atoms with Crippen molar-refractivity contribution < 1.29 is 8.91 Å². The first-order chi connectivity index (χ1) is 4.72. The summed E-state index contributed by atoms with van der Waals surface area (Å²) in [5.41, 5.74) is 0.171. The minimum absolute atomic E-state index is 0.493. The Morgan fingerprint density at radius 2 is 2.40 bits per heavy atom. The average Bonchev–Trinajstić information content (AvgIpc) is 2.44. The number of aromatic nitrogens is 1. The number of alkyl halides is 1. The van der Waals surface area contributed by atoms with Gasteiger partial charge in [-0.25, -0.2) is 4.39 Å². The van der Waals surface area contributed by atoms with Gasteiger partial charge >= 0.3 is 0 Å². The summed E-state index contributed by atoms with van der Waals surface area (Å²) < 4.78 is 17.8. The van der Waals surface area contributed by atoms with Gasteiger partial charge in [0, 0.05) is 5.56 Å². The first kappa shape index (κ1) is 5.89. The van der Waals surface area contributed by atoms with Crippen LogP contribution in [0.3, 0.4) is 0 Å². The minimum atomic E-state index is -1.14. The Kier molecular flexibility index (Phi) is 0.938. The van der Waals surface area contributed by atoms with E-state index in [0.717, 1.165) is 5.56 Å². The molecule has 0 atom stereocenters. The van der Waals surface area contributed by atoms with Gasteiger partial charge in [0.25, 0.3) is 0 Å². The molecule has 1 saturated carbocycles. The van der Waals surface area contributed by atoms with E-state index in [0.29, 0.717) is 18.5 Å². The molecule has 1 aromatic rings. The van der Waals surface area contributed by atoms with Gasteiger partial charge in [-0.2, -0.15) is 0 Å². The van der Waals surface area contributed by atoms with Crippen molar-refractivity contribution in [2.45, 2.75) is 25.4 Å². The first-order valence-corrected chi connectivity index (χ1v) is 3.33. The number of hydrogen-bond donors (Lipinski definition) is 0. The molecule has 3 heteroatoms. The normalized spacial score (nSPS) is 21.0. The lowest BCUT2D eigenvalue weighted by Crippen LogP contribution is -1.99. The minimum Gasteiger partial charge on any atom is -0.364 e. The van der Waals surface area contributed by atoms with Crippen molar-refractivity contribution >= 4 is 0 Å². The van der Waals surface area contributed by atoms with Crippen LogP contribution >= 0.6 is 0 Å². The Hall–Kier alpha value is -0.860. The van der Waals surface area contributed by atoms with Gasteiger partial charge in [0.1, 0.15) is 12.0 Å². The monoisotopic (exact) mass is 141 g/mol. The Balaban J connectivity index is 2.42. The fraction of sp³-hybridized carbons (Fsp3) is 0.571. The molecule has 1 heterocycles. The molecular weight excluding hydrogens is 133 g/mol. The van der Waals surface area contributed by atoms with Crippen LogP contribution in [0.2, 0.25) is 0 Å². The maximum absolute atomic E-state index is 13.2. The van der Waals surface area contributed by atoms with Crippen molar-refractivity contribution in [2.24, 2.45) is 0 Å². The van der Waals surface area contributed by atoms with E-state index in [4.69, 9.17) is 0 Å². The predicted octanol–water partition coefficient (Wildman–Crippen LogP) is 1.94. The summed E-state index contributed by atoms with van der Waals surface area (Å²) in [6.45, 7) is 1.81. The number of nitrogens with zero attached hydrogens (tertiary/aromatic N) is 1. The van der Waals surface area contributed by atoms with Gasteiger partial charge in [0.15, 0.2) is 5.67 Å². The molecule has 0 aliphatic heterocycles. The van der Waals surface area contributed by atoms with Crippen LogP contribution in [0.4, 0.5) is 4.39 Å². The SMILES string of the molecule is Cc1conc1C1(F)CC1. The molecule has 1 fully saturated rings. The third-order valence-electron chi connectivity index (χ3n) is 1.86. The number of aryl methyl sites for hydroxylation is 1. The van der Waals surface area contributed by atoms with Crippen LogP contribution in [0.1, 0.15) is 24.1 Å². The van der Waals surface area contributed by atoms with E-state index < -0.39 is 5.67 Å². The highest BCUT2D eigenvalue weighted by Crippen LogP contribution is 2.49. The van der Waals surface area contributed by atoms with Crippen molar-refractivity contribution in [3.8, 4) is 0 Å². The van der Waals surface area contributed by atoms with E-state index in [1.807, 2.05) is 6.92 Å². The Morgan fingerprint density at radius 3 is 2.80 bits per heavy atom. The van der Waals surface area contributed by atoms with Crippen LogP contribution in [0.15, 0.2) is 10.8 Å². The maximum Gasteiger partial charge on any atom is 0.156 e. The third kappa shape index (κ3) is 0.664. The predicted molar refractivity (Wildman–Crippen MR) is 33.3 cm³/mol. The maximum atomic E-state index is 13.2. The molecule has 1 aliphatic rings. The van der Waals surface area contributed by atoms with Crippen molar-refractivity contribution in [1.82, 2.24) is 5.16 Å². The number of hydrogen-bond acceptors (Lipinski definition) is 2. The zero-order chi connectivity index (χ0) is 7.19. The highest BCUT2D eigenvalue weighted by atomic mass is 19.1. The molecule has 0 amide bonds. The summed E-state index contributed by atoms with van der Waals surface area (Å²) in [6, 6.07) is 0. The molecule has 2 rings (SSSR count). The summed E-state index contributed by atoms with van der Waals surface area (Å²) in [4.78, 5) is 0. The molecule has 0 saturated heterocycles. The number of rotatable bonds is 1. The van der Waals surface area contributed by atoms with Crippen LogP contribution in [0, 0.1) is 6.92 Å². The quantitative estimate of drug-likeness (QED) is 0.597. The molecule has 0 aromatic carbocycles. The molecule has 1 aromatic heterocycles. The summed E-state index contributed by atoms with van der Waals surface area (Å²) >= 11 is 0. The largest absolute Gasteiger partial charge is 0.364 e. The Morgan fingerprint density at radius 1 is 1.70 bits per heavy atom. The number of halogens is 1. The highest BCUT2D eigenvalue weighted by molar-refractivity contribution is 5.25. The van der Waals surface area contributed by atoms with Gasteiger partial charge in [-0.15, -0.1) is 0 Å². The fourth-order valence-corrected chi connectivity index (χ4v) is 1.07. The van der Waals surface area contributed by atoms with E-state index in [9.17, 15) is 4.39 Å². The molecule has 1 aliphatic carbocycles. The summed E-state index contributed by atoms with van der Waals surface area (Å²) in [5.74, 6) is 0. The Bertz CT molecular complexity index is 252.